The Hall–Kier alpha value is -3.45. The lowest BCUT2D eigenvalue weighted by Crippen LogP contribution is -2.36. The van der Waals surface area contributed by atoms with Gasteiger partial charge in [-0.1, -0.05) is 30.9 Å². The van der Waals surface area contributed by atoms with E-state index < -0.39 is 5.91 Å². The van der Waals surface area contributed by atoms with Crippen LogP contribution in [0, 0.1) is 11.8 Å². The molecule has 3 heterocycles. The van der Waals surface area contributed by atoms with Gasteiger partial charge in [-0.2, -0.15) is 0 Å². The van der Waals surface area contributed by atoms with Crippen molar-refractivity contribution < 1.29 is 14.3 Å². The number of nitrogen functional groups attached to an aromatic ring is 1. The van der Waals surface area contributed by atoms with E-state index in [9.17, 15) is 4.79 Å². The maximum absolute atomic E-state index is 12.9. The van der Waals surface area contributed by atoms with E-state index in [1.54, 1.807) is 7.11 Å². The molecule has 0 spiro atoms. The first-order chi connectivity index (χ1) is 17.0. The zero-order chi connectivity index (χ0) is 24.4. The van der Waals surface area contributed by atoms with Crippen LogP contribution in [0.2, 0.25) is 0 Å². The Morgan fingerprint density at radius 1 is 1.26 bits per heavy atom. The molecule has 1 amide bonds. The van der Waals surface area contributed by atoms with E-state index in [1.807, 2.05) is 24.3 Å². The number of amides is 1. The fraction of sp³-hybridized carbons (Fsp3) is 0.423. The van der Waals surface area contributed by atoms with Crippen LogP contribution in [0.3, 0.4) is 0 Å². The monoisotopic (exact) mass is 474 g/mol. The predicted molar refractivity (Wildman–Crippen MR) is 134 cm³/mol. The fourth-order valence-corrected chi connectivity index (χ4v) is 4.27. The lowest BCUT2D eigenvalue weighted by Gasteiger charge is -2.24. The van der Waals surface area contributed by atoms with Crippen molar-refractivity contribution in [1.29, 1.82) is 0 Å². The van der Waals surface area contributed by atoms with Gasteiger partial charge < -0.3 is 25.5 Å². The lowest BCUT2D eigenvalue weighted by atomic mass is 10.00. The summed E-state index contributed by atoms with van der Waals surface area (Å²) in [7, 11) is 1.64. The highest BCUT2D eigenvalue weighted by molar-refractivity contribution is 6.04. The zero-order valence-corrected chi connectivity index (χ0v) is 20.1. The number of carbonyl (C=O) groups is 1. The molecule has 182 valence electrons. The van der Waals surface area contributed by atoms with Gasteiger partial charge in [0.05, 0.1) is 37.3 Å². The fourth-order valence-electron chi connectivity index (χ4n) is 4.27. The minimum Gasteiger partial charge on any atom is -0.383 e. The Balaban J connectivity index is 1.42. The van der Waals surface area contributed by atoms with Crippen molar-refractivity contribution in [2.45, 2.75) is 31.8 Å². The second kappa shape index (κ2) is 9.66. The number of H-pyrrole nitrogens is 1. The van der Waals surface area contributed by atoms with Crippen LogP contribution in [0.25, 0.3) is 11.0 Å². The molecule has 4 N–H and O–H groups in total. The number of hydrogen-bond donors (Lipinski definition) is 3. The first-order valence-electron chi connectivity index (χ1n) is 11.8. The summed E-state index contributed by atoms with van der Waals surface area (Å²) in [5.41, 5.74) is 10.4. The molecule has 1 aromatic carbocycles. The molecule has 0 atom stereocenters. The average Bonchev–Trinajstić information content (AvgIpc) is 3.49. The van der Waals surface area contributed by atoms with E-state index in [-0.39, 0.29) is 17.1 Å². The number of benzene rings is 1. The van der Waals surface area contributed by atoms with E-state index in [1.165, 1.54) is 0 Å². The standard InChI is InChI=1S/C26H30N6O3/c1-26(9-10-26)21-19(4-3-11-32-12-14-35-15-13-32)20-22(27)30-24(31-23(20)29-21)25(33)28-18-7-5-17(6-8-18)16-34-2/h5-8H,9-16H2,1-2H3,(H,28,33)(H3,27,29,30,31). The van der Waals surface area contributed by atoms with Crippen LogP contribution in [0.5, 0.6) is 0 Å². The Bertz CT molecular complexity index is 1290. The summed E-state index contributed by atoms with van der Waals surface area (Å²) in [6, 6.07) is 7.42. The van der Waals surface area contributed by atoms with Gasteiger partial charge in [-0.05, 0) is 30.5 Å². The maximum atomic E-state index is 12.9. The molecular weight excluding hydrogens is 444 g/mol. The summed E-state index contributed by atoms with van der Waals surface area (Å²) < 4.78 is 10.5. The first-order valence-corrected chi connectivity index (χ1v) is 11.8. The minimum absolute atomic E-state index is 0.0116. The first kappa shape index (κ1) is 23.3. The van der Waals surface area contributed by atoms with Gasteiger partial charge >= 0.3 is 0 Å². The molecule has 0 unspecified atom stereocenters. The molecule has 9 nitrogen and oxygen atoms in total. The number of ether oxygens (including phenoxy) is 2. The Kier molecular flexibility index (Phi) is 6.43. The molecule has 35 heavy (non-hydrogen) atoms. The number of hydrogen-bond acceptors (Lipinski definition) is 7. The number of nitrogens with one attached hydrogen (secondary N) is 2. The molecule has 2 aliphatic rings. The summed E-state index contributed by atoms with van der Waals surface area (Å²) in [6.45, 7) is 6.61. The van der Waals surface area contributed by atoms with E-state index in [0.29, 0.717) is 29.9 Å². The van der Waals surface area contributed by atoms with Gasteiger partial charge in [0.15, 0.2) is 0 Å². The van der Waals surface area contributed by atoms with Gasteiger partial charge in [0.2, 0.25) is 5.82 Å². The molecule has 3 aromatic rings. The van der Waals surface area contributed by atoms with Crippen LogP contribution < -0.4 is 11.1 Å². The predicted octanol–water partition coefficient (Wildman–Crippen LogP) is 2.67. The van der Waals surface area contributed by atoms with Gasteiger partial charge in [-0.3, -0.25) is 9.69 Å². The zero-order valence-electron chi connectivity index (χ0n) is 20.1. The summed E-state index contributed by atoms with van der Waals surface area (Å²) >= 11 is 0. The van der Waals surface area contributed by atoms with Crippen LogP contribution in [-0.2, 0) is 21.5 Å². The third-order valence-corrected chi connectivity index (χ3v) is 6.63. The molecular formula is C26H30N6O3. The molecule has 0 radical (unpaired) electrons. The van der Waals surface area contributed by atoms with Crippen LogP contribution in [0.1, 0.15) is 47.2 Å². The number of anilines is 2. The van der Waals surface area contributed by atoms with Crippen molar-refractivity contribution in [3.63, 3.8) is 0 Å². The maximum Gasteiger partial charge on any atom is 0.293 e. The van der Waals surface area contributed by atoms with E-state index in [4.69, 9.17) is 15.2 Å². The van der Waals surface area contributed by atoms with Crippen molar-refractivity contribution in [3.05, 3.63) is 46.9 Å². The van der Waals surface area contributed by atoms with Gasteiger partial charge in [-0.15, -0.1) is 0 Å². The van der Waals surface area contributed by atoms with Gasteiger partial charge in [-0.25, -0.2) is 9.97 Å². The normalized spacial score (nSPS) is 17.1. The molecule has 1 saturated carbocycles. The molecule has 1 aliphatic heterocycles. The van der Waals surface area contributed by atoms with Crippen LogP contribution in [-0.4, -0.2) is 65.7 Å². The van der Waals surface area contributed by atoms with E-state index in [0.717, 1.165) is 56.0 Å². The van der Waals surface area contributed by atoms with Gasteiger partial charge in [0, 0.05) is 37.0 Å². The molecule has 0 bridgehead atoms. The summed E-state index contributed by atoms with van der Waals surface area (Å²) in [5.74, 6) is 6.48. The van der Waals surface area contributed by atoms with Crippen molar-refractivity contribution >= 4 is 28.4 Å². The van der Waals surface area contributed by atoms with Crippen molar-refractivity contribution in [2.75, 3.05) is 51.0 Å². The number of aromatic amines is 1. The SMILES string of the molecule is COCc1ccc(NC(=O)c2nc(N)c3c(C#CCN4CCOCC4)c(C4(C)CC4)[nH]c3n2)cc1. The highest BCUT2D eigenvalue weighted by atomic mass is 16.5. The quantitative estimate of drug-likeness (QED) is 0.470. The van der Waals surface area contributed by atoms with E-state index >= 15 is 0 Å². The smallest absolute Gasteiger partial charge is 0.293 e. The number of carbonyl (C=O) groups excluding carboxylic acids is 1. The number of rotatable bonds is 6. The molecule has 1 saturated heterocycles. The van der Waals surface area contributed by atoms with Crippen LogP contribution in [0.15, 0.2) is 24.3 Å². The Morgan fingerprint density at radius 2 is 2.00 bits per heavy atom. The van der Waals surface area contributed by atoms with Gasteiger partial charge in [0.1, 0.15) is 11.5 Å². The summed E-state index contributed by atoms with van der Waals surface area (Å²) in [4.78, 5) is 27.4. The molecule has 9 heteroatoms. The number of nitrogens with two attached hydrogens (primary N) is 1. The van der Waals surface area contributed by atoms with Crippen molar-refractivity contribution in [2.24, 2.45) is 0 Å². The third kappa shape index (κ3) is 5.00. The highest BCUT2D eigenvalue weighted by Crippen LogP contribution is 2.49. The van der Waals surface area contributed by atoms with Crippen LogP contribution in [0.4, 0.5) is 11.5 Å². The number of nitrogens with zero attached hydrogens (tertiary/aromatic N) is 3. The summed E-state index contributed by atoms with van der Waals surface area (Å²) in [5, 5.41) is 3.52. The third-order valence-electron chi connectivity index (χ3n) is 6.63. The Morgan fingerprint density at radius 3 is 2.69 bits per heavy atom. The molecule has 1 aliphatic carbocycles. The number of methoxy groups -OCH3 is 1. The summed E-state index contributed by atoms with van der Waals surface area (Å²) in [6.07, 6.45) is 2.13. The second-order valence-corrected chi connectivity index (χ2v) is 9.37. The van der Waals surface area contributed by atoms with Crippen molar-refractivity contribution in [3.8, 4) is 11.8 Å². The number of aromatic nitrogens is 3. The second-order valence-electron chi connectivity index (χ2n) is 9.37. The minimum atomic E-state index is -0.424. The molecule has 2 aromatic heterocycles. The van der Waals surface area contributed by atoms with Crippen LogP contribution >= 0.6 is 0 Å². The average molecular weight is 475 g/mol. The topological polar surface area (TPSA) is 118 Å². The number of morpholine rings is 1. The van der Waals surface area contributed by atoms with E-state index in [2.05, 4.69) is 43.9 Å². The number of fused-ring (bicyclic) bond motifs is 1. The largest absolute Gasteiger partial charge is 0.383 e. The lowest BCUT2D eigenvalue weighted by molar-refractivity contribution is 0.0443. The van der Waals surface area contributed by atoms with Gasteiger partial charge in [0.25, 0.3) is 5.91 Å². The molecule has 5 rings (SSSR count). The highest BCUT2D eigenvalue weighted by Gasteiger charge is 2.43. The van der Waals surface area contributed by atoms with Crippen molar-refractivity contribution in [1.82, 2.24) is 19.9 Å². The Labute approximate surface area is 204 Å². The molecule has 2 fully saturated rings.